The predicted octanol–water partition coefficient (Wildman–Crippen LogP) is 2.35. The Kier molecular flexibility index (Phi) is 3.28. The summed E-state index contributed by atoms with van der Waals surface area (Å²) in [6.45, 7) is 4.67. The van der Waals surface area contributed by atoms with Crippen molar-refractivity contribution in [3.05, 3.63) is 24.5 Å². The van der Waals surface area contributed by atoms with E-state index in [2.05, 4.69) is 24.0 Å². The molecule has 17 heavy (non-hydrogen) atoms. The van der Waals surface area contributed by atoms with Crippen LogP contribution >= 0.6 is 0 Å². The lowest BCUT2D eigenvalue weighted by molar-refractivity contribution is 0.267. The Labute approximate surface area is 100.0 Å². The lowest BCUT2D eigenvalue weighted by Gasteiger charge is -2.24. The van der Waals surface area contributed by atoms with Gasteiger partial charge in [0, 0.05) is 6.54 Å². The molecule has 0 aliphatic carbocycles. The Balaban J connectivity index is 2.35. The third kappa shape index (κ3) is 1.98. The largest absolute Gasteiger partial charge is 0.472 e. The van der Waals surface area contributed by atoms with E-state index >= 15 is 0 Å². The molecule has 5 nitrogen and oxygen atoms in total. The molecule has 0 radical (unpaired) electrons. The van der Waals surface area contributed by atoms with Gasteiger partial charge in [0.1, 0.15) is 6.26 Å². The molecule has 0 unspecified atom stereocenters. The predicted molar refractivity (Wildman–Crippen MR) is 63.3 cm³/mol. The Morgan fingerprint density at radius 2 is 2.12 bits per heavy atom. The summed E-state index contributed by atoms with van der Waals surface area (Å²) >= 11 is 0. The number of nitrogens with two attached hydrogens (primary N) is 1. The van der Waals surface area contributed by atoms with Gasteiger partial charge >= 0.3 is 0 Å². The molecule has 2 N–H and O–H groups in total. The van der Waals surface area contributed by atoms with E-state index in [1.54, 1.807) is 18.6 Å². The van der Waals surface area contributed by atoms with Crippen molar-refractivity contribution in [1.29, 1.82) is 0 Å². The number of rotatable bonds is 5. The minimum atomic E-state index is -0.213. The van der Waals surface area contributed by atoms with Crippen LogP contribution in [0.3, 0.4) is 0 Å². The van der Waals surface area contributed by atoms with Crippen LogP contribution in [0.15, 0.2) is 27.5 Å². The fourth-order valence-corrected chi connectivity index (χ4v) is 1.88. The van der Waals surface area contributed by atoms with Crippen LogP contribution in [0.2, 0.25) is 0 Å². The van der Waals surface area contributed by atoms with Gasteiger partial charge in [-0.15, -0.1) is 0 Å². The highest BCUT2D eigenvalue weighted by Gasteiger charge is 2.33. The fourth-order valence-electron chi connectivity index (χ4n) is 1.88. The van der Waals surface area contributed by atoms with Crippen LogP contribution in [0, 0.1) is 0 Å². The molecule has 2 aromatic heterocycles. The van der Waals surface area contributed by atoms with Crippen LogP contribution in [0.4, 0.5) is 0 Å². The summed E-state index contributed by atoms with van der Waals surface area (Å²) in [6, 6.07) is 1.80. The Bertz CT molecular complexity index is 450. The summed E-state index contributed by atoms with van der Waals surface area (Å²) in [4.78, 5) is 4.42. The third-order valence-corrected chi connectivity index (χ3v) is 3.40. The first-order valence-corrected chi connectivity index (χ1v) is 5.82. The van der Waals surface area contributed by atoms with Gasteiger partial charge in [-0.25, -0.2) is 0 Å². The van der Waals surface area contributed by atoms with E-state index in [-0.39, 0.29) is 5.41 Å². The van der Waals surface area contributed by atoms with Gasteiger partial charge in [0.25, 0.3) is 0 Å². The summed E-state index contributed by atoms with van der Waals surface area (Å²) in [7, 11) is 0. The van der Waals surface area contributed by atoms with E-state index in [0.717, 1.165) is 18.4 Å². The van der Waals surface area contributed by atoms with Crippen molar-refractivity contribution >= 4 is 0 Å². The first kappa shape index (κ1) is 11.9. The Hall–Kier alpha value is -1.62. The quantitative estimate of drug-likeness (QED) is 0.860. The molecule has 0 aliphatic rings. The molecule has 2 rings (SSSR count). The molecule has 92 valence electrons. The number of furan rings is 1. The van der Waals surface area contributed by atoms with Gasteiger partial charge in [0.15, 0.2) is 0 Å². The average Bonchev–Trinajstić information content (AvgIpc) is 3.03. The Morgan fingerprint density at radius 3 is 2.65 bits per heavy atom. The molecule has 0 aromatic carbocycles. The molecule has 0 aliphatic heterocycles. The molecule has 0 amide bonds. The monoisotopic (exact) mass is 235 g/mol. The second-order valence-corrected chi connectivity index (χ2v) is 4.13. The van der Waals surface area contributed by atoms with Crippen LogP contribution in [-0.2, 0) is 5.41 Å². The summed E-state index contributed by atoms with van der Waals surface area (Å²) in [5.74, 6) is 1.16. The maximum absolute atomic E-state index is 5.84. The smallest absolute Gasteiger partial charge is 0.234 e. The highest BCUT2D eigenvalue weighted by atomic mass is 16.5. The van der Waals surface area contributed by atoms with E-state index in [9.17, 15) is 0 Å². The normalized spacial score (nSPS) is 11.9. The molecule has 0 spiro atoms. The van der Waals surface area contributed by atoms with E-state index in [1.165, 1.54) is 0 Å². The molecule has 2 heterocycles. The van der Waals surface area contributed by atoms with Crippen molar-refractivity contribution in [2.45, 2.75) is 32.1 Å². The van der Waals surface area contributed by atoms with Gasteiger partial charge in [0.05, 0.1) is 17.2 Å². The summed E-state index contributed by atoms with van der Waals surface area (Å²) < 4.78 is 10.3. The zero-order valence-electron chi connectivity index (χ0n) is 10.1. The average molecular weight is 235 g/mol. The fraction of sp³-hybridized carbons (Fsp3) is 0.500. The van der Waals surface area contributed by atoms with E-state index in [1.807, 2.05) is 0 Å². The van der Waals surface area contributed by atoms with E-state index in [4.69, 9.17) is 14.7 Å². The number of nitrogens with zero attached hydrogens (tertiary/aromatic N) is 2. The molecule has 0 fully saturated rings. The zero-order valence-corrected chi connectivity index (χ0v) is 10.1. The van der Waals surface area contributed by atoms with Crippen molar-refractivity contribution in [2.24, 2.45) is 5.73 Å². The molecule has 0 atom stereocenters. The third-order valence-electron chi connectivity index (χ3n) is 3.40. The van der Waals surface area contributed by atoms with Crippen LogP contribution < -0.4 is 5.73 Å². The Morgan fingerprint density at radius 1 is 1.35 bits per heavy atom. The van der Waals surface area contributed by atoms with Gasteiger partial charge in [-0.3, -0.25) is 0 Å². The SMILES string of the molecule is CCC(CC)(CN)c1nc(-c2ccoc2)no1. The summed E-state index contributed by atoms with van der Waals surface area (Å²) in [5.41, 5.74) is 6.45. The van der Waals surface area contributed by atoms with E-state index < -0.39 is 0 Å². The molecule has 0 saturated carbocycles. The molecule has 0 bridgehead atoms. The maximum atomic E-state index is 5.84. The maximum Gasteiger partial charge on any atom is 0.234 e. The number of aromatic nitrogens is 2. The van der Waals surface area contributed by atoms with Crippen molar-refractivity contribution in [1.82, 2.24) is 10.1 Å². The zero-order chi connectivity index (χ0) is 12.3. The van der Waals surface area contributed by atoms with E-state index in [0.29, 0.717) is 18.3 Å². The van der Waals surface area contributed by atoms with Gasteiger partial charge in [-0.2, -0.15) is 4.98 Å². The molecule has 0 saturated heterocycles. The summed E-state index contributed by atoms with van der Waals surface area (Å²) in [5, 5.41) is 3.97. The summed E-state index contributed by atoms with van der Waals surface area (Å²) in [6.07, 6.45) is 4.94. The molecule has 2 aromatic rings. The first-order chi connectivity index (χ1) is 8.25. The van der Waals surface area contributed by atoms with Gasteiger partial charge in [0.2, 0.25) is 11.7 Å². The topological polar surface area (TPSA) is 78.1 Å². The molecular formula is C12H17N3O2. The molecular weight excluding hydrogens is 218 g/mol. The van der Waals surface area contributed by atoms with Crippen LogP contribution in [0.1, 0.15) is 32.6 Å². The lowest BCUT2D eigenvalue weighted by atomic mass is 9.82. The standard InChI is InChI=1S/C12H17N3O2/c1-3-12(4-2,8-13)11-14-10(15-17-11)9-5-6-16-7-9/h5-7H,3-4,8,13H2,1-2H3. The number of hydrogen-bond acceptors (Lipinski definition) is 5. The highest BCUT2D eigenvalue weighted by Crippen LogP contribution is 2.30. The van der Waals surface area contributed by atoms with Gasteiger partial charge in [-0.05, 0) is 18.9 Å². The van der Waals surface area contributed by atoms with Crippen LogP contribution in [0.5, 0.6) is 0 Å². The van der Waals surface area contributed by atoms with Gasteiger partial charge < -0.3 is 14.7 Å². The van der Waals surface area contributed by atoms with Crippen molar-refractivity contribution in [3.63, 3.8) is 0 Å². The van der Waals surface area contributed by atoms with Crippen LogP contribution in [0.25, 0.3) is 11.4 Å². The van der Waals surface area contributed by atoms with Crippen LogP contribution in [-0.4, -0.2) is 16.7 Å². The minimum absolute atomic E-state index is 0.213. The minimum Gasteiger partial charge on any atom is -0.472 e. The first-order valence-electron chi connectivity index (χ1n) is 5.82. The highest BCUT2D eigenvalue weighted by molar-refractivity contribution is 5.51. The molecule has 5 heteroatoms. The van der Waals surface area contributed by atoms with Crippen molar-refractivity contribution in [3.8, 4) is 11.4 Å². The second kappa shape index (κ2) is 4.71. The van der Waals surface area contributed by atoms with Gasteiger partial charge in [-0.1, -0.05) is 19.0 Å². The second-order valence-electron chi connectivity index (χ2n) is 4.13. The van der Waals surface area contributed by atoms with Crippen molar-refractivity contribution in [2.75, 3.05) is 6.54 Å². The van der Waals surface area contributed by atoms with Crippen molar-refractivity contribution < 1.29 is 8.94 Å². The lowest BCUT2D eigenvalue weighted by Crippen LogP contribution is -2.34. The number of hydrogen-bond donors (Lipinski definition) is 1.